The average molecular weight is 222 g/mol. The van der Waals surface area contributed by atoms with E-state index in [9.17, 15) is 10.1 Å². The van der Waals surface area contributed by atoms with Gasteiger partial charge in [-0.25, -0.2) is 0 Å². The summed E-state index contributed by atoms with van der Waals surface area (Å²) in [6.45, 7) is 7.59. The lowest BCUT2D eigenvalue weighted by Crippen LogP contribution is -2.38. The van der Waals surface area contributed by atoms with Gasteiger partial charge in [-0.15, -0.1) is 0 Å². The molecule has 4 nitrogen and oxygen atoms in total. The minimum absolute atomic E-state index is 0.259. The molecular formula is C12H18N2O2. The molecule has 1 aromatic carbocycles. The molecule has 1 N–H and O–H groups in total. The van der Waals surface area contributed by atoms with Crippen molar-refractivity contribution in [3.05, 3.63) is 39.4 Å². The molecule has 0 unspecified atom stereocenters. The van der Waals surface area contributed by atoms with Crippen molar-refractivity contribution in [1.82, 2.24) is 0 Å². The molecular weight excluding hydrogens is 204 g/mol. The van der Waals surface area contributed by atoms with Crippen molar-refractivity contribution in [3.8, 4) is 0 Å². The lowest BCUT2D eigenvalue weighted by molar-refractivity contribution is -0.556. The first-order valence-electron chi connectivity index (χ1n) is 5.29. The summed E-state index contributed by atoms with van der Waals surface area (Å²) in [4.78, 5) is 10.5. The van der Waals surface area contributed by atoms with Gasteiger partial charge in [-0.1, -0.05) is 12.1 Å². The van der Waals surface area contributed by atoms with E-state index in [1.165, 1.54) is 5.56 Å². The zero-order chi connectivity index (χ0) is 12.3. The standard InChI is InChI=1S/C12H18N2O2/c1-9-6-5-7-11(10(9)2)13-8-12(3,4)14(15)16/h5-7,13H,8H2,1-4H3. The minimum Gasteiger partial charge on any atom is -0.378 e. The summed E-state index contributed by atoms with van der Waals surface area (Å²) in [6, 6.07) is 5.92. The molecule has 16 heavy (non-hydrogen) atoms. The molecule has 0 saturated heterocycles. The summed E-state index contributed by atoms with van der Waals surface area (Å²) in [7, 11) is 0. The third-order valence-corrected chi connectivity index (χ3v) is 2.81. The van der Waals surface area contributed by atoms with Crippen LogP contribution in [0.25, 0.3) is 0 Å². The fraction of sp³-hybridized carbons (Fsp3) is 0.500. The van der Waals surface area contributed by atoms with Gasteiger partial charge in [0.1, 0.15) is 0 Å². The highest BCUT2D eigenvalue weighted by Gasteiger charge is 2.30. The molecule has 0 spiro atoms. The van der Waals surface area contributed by atoms with Gasteiger partial charge in [0.2, 0.25) is 5.54 Å². The van der Waals surface area contributed by atoms with Crippen LogP contribution in [0.5, 0.6) is 0 Å². The lowest BCUT2D eigenvalue weighted by atomic mass is 10.1. The third kappa shape index (κ3) is 2.72. The first-order valence-corrected chi connectivity index (χ1v) is 5.29. The highest BCUT2D eigenvalue weighted by atomic mass is 16.6. The maximum absolute atomic E-state index is 10.8. The fourth-order valence-corrected chi connectivity index (χ4v) is 1.32. The van der Waals surface area contributed by atoms with Gasteiger partial charge in [-0.2, -0.15) is 0 Å². The molecule has 0 atom stereocenters. The third-order valence-electron chi connectivity index (χ3n) is 2.81. The van der Waals surface area contributed by atoms with Gasteiger partial charge in [0.15, 0.2) is 0 Å². The van der Waals surface area contributed by atoms with Gasteiger partial charge in [0.25, 0.3) is 0 Å². The Morgan fingerprint density at radius 2 is 2.00 bits per heavy atom. The molecule has 0 bridgehead atoms. The molecule has 1 rings (SSSR count). The summed E-state index contributed by atoms with van der Waals surface area (Å²) < 4.78 is 0. The number of anilines is 1. The predicted octanol–water partition coefficient (Wildman–Crippen LogP) is 2.77. The van der Waals surface area contributed by atoms with Crippen molar-refractivity contribution in [3.63, 3.8) is 0 Å². The van der Waals surface area contributed by atoms with E-state index in [0.29, 0.717) is 6.54 Å². The van der Waals surface area contributed by atoms with Gasteiger partial charge in [0.05, 0.1) is 6.54 Å². The maximum Gasteiger partial charge on any atom is 0.233 e. The number of nitrogens with one attached hydrogen (secondary N) is 1. The van der Waals surface area contributed by atoms with Crippen LogP contribution in [0.15, 0.2) is 18.2 Å². The molecule has 0 fully saturated rings. The van der Waals surface area contributed by atoms with E-state index in [-0.39, 0.29) is 4.92 Å². The maximum atomic E-state index is 10.8. The van der Waals surface area contributed by atoms with Crippen LogP contribution in [0, 0.1) is 24.0 Å². The topological polar surface area (TPSA) is 55.2 Å². The second-order valence-electron chi connectivity index (χ2n) is 4.67. The van der Waals surface area contributed by atoms with E-state index in [0.717, 1.165) is 11.3 Å². The number of rotatable bonds is 4. The molecule has 0 aromatic heterocycles. The minimum atomic E-state index is -0.948. The molecule has 0 saturated carbocycles. The van der Waals surface area contributed by atoms with Gasteiger partial charge >= 0.3 is 0 Å². The van der Waals surface area contributed by atoms with Gasteiger partial charge in [0, 0.05) is 24.5 Å². The fourth-order valence-electron chi connectivity index (χ4n) is 1.32. The summed E-state index contributed by atoms with van der Waals surface area (Å²) >= 11 is 0. The van der Waals surface area contributed by atoms with Crippen LogP contribution in [-0.2, 0) is 0 Å². The normalized spacial score (nSPS) is 11.2. The number of nitrogens with zero attached hydrogens (tertiary/aromatic N) is 1. The quantitative estimate of drug-likeness (QED) is 0.629. The van der Waals surface area contributed by atoms with Crippen molar-refractivity contribution < 1.29 is 4.92 Å². The molecule has 0 amide bonds. The predicted molar refractivity (Wildman–Crippen MR) is 65.5 cm³/mol. The Balaban J connectivity index is 2.76. The Labute approximate surface area is 95.8 Å². The number of benzene rings is 1. The lowest BCUT2D eigenvalue weighted by Gasteiger charge is -2.18. The molecule has 0 aliphatic carbocycles. The van der Waals surface area contributed by atoms with E-state index >= 15 is 0 Å². The zero-order valence-electron chi connectivity index (χ0n) is 10.2. The summed E-state index contributed by atoms with van der Waals surface area (Å²) in [5, 5.41) is 13.9. The first kappa shape index (κ1) is 12.5. The van der Waals surface area contributed by atoms with E-state index < -0.39 is 5.54 Å². The molecule has 0 aliphatic rings. The first-order chi connectivity index (χ1) is 7.34. The van der Waals surface area contributed by atoms with E-state index in [1.54, 1.807) is 13.8 Å². The van der Waals surface area contributed by atoms with E-state index in [4.69, 9.17) is 0 Å². The Bertz CT molecular complexity index is 400. The molecule has 0 aliphatic heterocycles. The molecule has 4 heteroatoms. The van der Waals surface area contributed by atoms with Gasteiger partial charge < -0.3 is 5.32 Å². The average Bonchev–Trinajstić information content (AvgIpc) is 2.20. The van der Waals surface area contributed by atoms with Crippen molar-refractivity contribution in [2.45, 2.75) is 33.2 Å². The largest absolute Gasteiger partial charge is 0.378 e. The highest BCUT2D eigenvalue weighted by molar-refractivity contribution is 5.53. The summed E-state index contributed by atoms with van der Waals surface area (Å²) in [5.74, 6) is 0. The Kier molecular flexibility index (Phi) is 3.52. The van der Waals surface area contributed by atoms with Crippen LogP contribution in [0.2, 0.25) is 0 Å². The number of nitro groups is 1. The van der Waals surface area contributed by atoms with Crippen LogP contribution in [0.3, 0.4) is 0 Å². The second kappa shape index (κ2) is 4.51. The number of hydrogen-bond donors (Lipinski definition) is 1. The van der Waals surface area contributed by atoms with Crippen molar-refractivity contribution in [2.75, 3.05) is 11.9 Å². The second-order valence-corrected chi connectivity index (χ2v) is 4.67. The monoisotopic (exact) mass is 222 g/mol. The summed E-state index contributed by atoms with van der Waals surface area (Å²) in [6.07, 6.45) is 0. The molecule has 1 aromatic rings. The Hall–Kier alpha value is -1.58. The van der Waals surface area contributed by atoms with Crippen molar-refractivity contribution in [1.29, 1.82) is 0 Å². The number of hydrogen-bond acceptors (Lipinski definition) is 3. The zero-order valence-corrected chi connectivity index (χ0v) is 10.2. The highest BCUT2D eigenvalue weighted by Crippen LogP contribution is 2.19. The number of aryl methyl sites for hydroxylation is 1. The Morgan fingerprint density at radius 1 is 1.38 bits per heavy atom. The smallest absolute Gasteiger partial charge is 0.233 e. The van der Waals surface area contributed by atoms with Crippen molar-refractivity contribution in [2.24, 2.45) is 0 Å². The van der Waals surface area contributed by atoms with Crippen LogP contribution < -0.4 is 5.32 Å². The van der Waals surface area contributed by atoms with Crippen LogP contribution in [-0.4, -0.2) is 17.0 Å². The van der Waals surface area contributed by atoms with Gasteiger partial charge in [-0.3, -0.25) is 10.1 Å². The van der Waals surface area contributed by atoms with Gasteiger partial charge in [-0.05, 0) is 31.0 Å². The summed E-state index contributed by atoms with van der Waals surface area (Å²) in [5.41, 5.74) is 2.34. The Morgan fingerprint density at radius 3 is 2.56 bits per heavy atom. The van der Waals surface area contributed by atoms with Crippen LogP contribution in [0.4, 0.5) is 5.69 Å². The van der Waals surface area contributed by atoms with E-state index in [2.05, 4.69) is 5.32 Å². The molecule has 0 heterocycles. The molecule has 88 valence electrons. The van der Waals surface area contributed by atoms with Crippen LogP contribution in [0.1, 0.15) is 25.0 Å². The van der Waals surface area contributed by atoms with E-state index in [1.807, 2.05) is 32.0 Å². The van der Waals surface area contributed by atoms with Crippen LogP contribution >= 0.6 is 0 Å². The SMILES string of the molecule is Cc1cccc(NCC(C)(C)[N+](=O)[O-])c1C. The van der Waals surface area contributed by atoms with Crippen molar-refractivity contribution >= 4 is 5.69 Å². The molecule has 0 radical (unpaired) electrons.